The second-order valence-corrected chi connectivity index (χ2v) is 14.6. The van der Waals surface area contributed by atoms with Crippen LogP contribution in [0.5, 0.6) is 0 Å². The van der Waals surface area contributed by atoms with Gasteiger partial charge in [0, 0.05) is 57.9 Å². The van der Waals surface area contributed by atoms with E-state index in [0.717, 1.165) is 22.6 Å². The summed E-state index contributed by atoms with van der Waals surface area (Å²) in [5.41, 5.74) is -0.508. The summed E-state index contributed by atoms with van der Waals surface area (Å²) in [6.07, 6.45) is -2.34. The van der Waals surface area contributed by atoms with Gasteiger partial charge in [0.25, 0.3) is 11.8 Å². The number of rotatable bonds is 9. The number of ether oxygens (including phenoxy) is 2. The maximum atomic E-state index is 14.3. The van der Waals surface area contributed by atoms with Crippen LogP contribution in [-0.2, 0) is 35.8 Å². The second-order valence-electron chi connectivity index (χ2n) is 14.2. The first-order chi connectivity index (χ1) is 27.5. The van der Waals surface area contributed by atoms with Crippen molar-refractivity contribution in [2.24, 2.45) is 7.05 Å². The van der Waals surface area contributed by atoms with Gasteiger partial charge in [0.15, 0.2) is 17.3 Å². The molecule has 2 aromatic carbocycles. The summed E-state index contributed by atoms with van der Waals surface area (Å²) in [5.74, 6) is -1.26. The Morgan fingerprint density at radius 1 is 0.879 bits per heavy atom. The van der Waals surface area contributed by atoms with Crippen molar-refractivity contribution in [3.8, 4) is 17.1 Å². The molecule has 19 heteroatoms. The van der Waals surface area contributed by atoms with Gasteiger partial charge in [-0.05, 0) is 56.2 Å². The number of nitrogens with one attached hydrogen (secondary N) is 2. The summed E-state index contributed by atoms with van der Waals surface area (Å²) in [5, 5.41) is 9.04. The number of piperazine rings is 1. The number of nitrogens with zero attached hydrogens (tertiary/aromatic N) is 7. The van der Waals surface area contributed by atoms with E-state index in [9.17, 15) is 32.3 Å². The summed E-state index contributed by atoms with van der Waals surface area (Å²) in [6.45, 7) is 6.55. The highest BCUT2D eigenvalue weighted by atomic mass is 35.5. The minimum atomic E-state index is -4.88. The van der Waals surface area contributed by atoms with Crippen LogP contribution in [0.25, 0.3) is 17.1 Å². The van der Waals surface area contributed by atoms with E-state index in [2.05, 4.69) is 25.7 Å². The number of carbonyl (C=O) groups excluding carboxylic acids is 4. The molecule has 15 nitrogen and oxygen atoms in total. The van der Waals surface area contributed by atoms with Crippen molar-refractivity contribution in [1.82, 2.24) is 39.4 Å². The molecule has 304 valence electrons. The molecule has 0 saturated carbocycles. The molecular formula is C39H39ClF3N9O6. The lowest BCUT2D eigenvalue weighted by Crippen LogP contribution is -2.51. The topological polar surface area (TPSA) is 166 Å². The highest BCUT2D eigenvalue weighted by Gasteiger charge is 2.39. The SMILES string of the molecule is Cn1c(-c2cn(-c3ccc(CNC(=O)OCc4ccccc4)cn3)nc2C(F)(F)F)cnc1C(=O)Nc1ccc(C(=O)N2CCN(C(=O)OC(C)(C)C)CC2)c(Cl)c1. The van der Waals surface area contributed by atoms with Crippen molar-refractivity contribution in [2.75, 3.05) is 31.5 Å². The third kappa shape index (κ3) is 9.92. The number of alkyl halides is 3. The van der Waals surface area contributed by atoms with Crippen LogP contribution in [0, 0.1) is 0 Å². The van der Waals surface area contributed by atoms with Crippen molar-refractivity contribution >= 4 is 41.3 Å². The maximum absolute atomic E-state index is 14.3. The molecule has 4 heterocycles. The third-order valence-corrected chi connectivity index (χ3v) is 9.13. The van der Waals surface area contributed by atoms with Crippen LogP contribution in [0.15, 0.2) is 79.3 Å². The van der Waals surface area contributed by atoms with E-state index in [1.807, 2.05) is 30.3 Å². The summed E-state index contributed by atoms with van der Waals surface area (Å²) < 4.78 is 55.6. The molecule has 6 rings (SSSR count). The molecule has 4 amide bonds. The molecule has 0 aliphatic carbocycles. The van der Waals surface area contributed by atoms with Crippen LogP contribution in [0.3, 0.4) is 0 Å². The van der Waals surface area contributed by atoms with Crippen molar-refractivity contribution in [3.63, 3.8) is 0 Å². The van der Waals surface area contributed by atoms with E-state index < -0.39 is 35.6 Å². The van der Waals surface area contributed by atoms with Gasteiger partial charge < -0.3 is 34.5 Å². The number of anilines is 1. The Bertz CT molecular complexity index is 2300. The molecule has 5 aromatic rings. The molecule has 0 spiro atoms. The predicted octanol–water partition coefficient (Wildman–Crippen LogP) is 6.71. The molecule has 3 aromatic heterocycles. The van der Waals surface area contributed by atoms with Gasteiger partial charge in [-0.15, -0.1) is 0 Å². The molecule has 0 bridgehead atoms. The van der Waals surface area contributed by atoms with Crippen LogP contribution in [0.4, 0.5) is 28.4 Å². The van der Waals surface area contributed by atoms with E-state index in [4.69, 9.17) is 21.1 Å². The lowest BCUT2D eigenvalue weighted by molar-refractivity contribution is -0.140. The lowest BCUT2D eigenvalue weighted by atomic mass is 10.1. The van der Waals surface area contributed by atoms with Gasteiger partial charge in [-0.25, -0.2) is 24.2 Å². The monoisotopic (exact) mass is 821 g/mol. The first kappa shape index (κ1) is 41.2. The molecule has 1 fully saturated rings. The van der Waals surface area contributed by atoms with Gasteiger partial charge >= 0.3 is 18.4 Å². The quantitative estimate of drug-likeness (QED) is 0.164. The molecule has 0 unspecified atom stereocenters. The van der Waals surface area contributed by atoms with E-state index in [1.165, 1.54) is 47.0 Å². The van der Waals surface area contributed by atoms with Crippen molar-refractivity contribution in [2.45, 2.75) is 45.7 Å². The molecule has 2 N–H and O–H groups in total. The zero-order valence-corrected chi connectivity index (χ0v) is 32.6. The fourth-order valence-corrected chi connectivity index (χ4v) is 6.17. The number of alkyl carbamates (subject to hydrolysis) is 1. The van der Waals surface area contributed by atoms with Crippen molar-refractivity contribution in [3.05, 3.63) is 112 Å². The Hall–Kier alpha value is -6.43. The maximum Gasteiger partial charge on any atom is 0.435 e. The zero-order valence-electron chi connectivity index (χ0n) is 31.8. The number of hydrogen-bond acceptors (Lipinski definition) is 9. The number of amides is 4. The predicted molar refractivity (Wildman–Crippen MR) is 205 cm³/mol. The molecule has 1 saturated heterocycles. The Labute approximate surface area is 335 Å². The fraction of sp³-hybridized carbons (Fsp3) is 0.308. The van der Waals surface area contributed by atoms with E-state index in [-0.39, 0.29) is 84.4 Å². The number of halogens is 4. The molecule has 0 atom stereocenters. The molecule has 58 heavy (non-hydrogen) atoms. The summed E-state index contributed by atoms with van der Waals surface area (Å²) >= 11 is 6.47. The average molecular weight is 822 g/mol. The number of aromatic nitrogens is 5. The van der Waals surface area contributed by atoms with Crippen LogP contribution >= 0.6 is 11.6 Å². The zero-order chi connectivity index (χ0) is 41.8. The summed E-state index contributed by atoms with van der Waals surface area (Å²) in [4.78, 5) is 62.5. The number of benzene rings is 2. The van der Waals surface area contributed by atoms with Gasteiger partial charge in [0.05, 0.1) is 28.0 Å². The lowest BCUT2D eigenvalue weighted by Gasteiger charge is -2.35. The average Bonchev–Trinajstić information content (AvgIpc) is 3.80. The number of carbonyl (C=O) groups is 4. The van der Waals surface area contributed by atoms with Crippen LogP contribution in [0.2, 0.25) is 5.02 Å². The molecule has 1 aliphatic rings. The van der Waals surface area contributed by atoms with Gasteiger partial charge in [-0.3, -0.25) is 9.59 Å². The van der Waals surface area contributed by atoms with Crippen LogP contribution in [-0.4, -0.2) is 89.9 Å². The first-order valence-corrected chi connectivity index (χ1v) is 18.3. The highest BCUT2D eigenvalue weighted by Crippen LogP contribution is 2.37. The van der Waals surface area contributed by atoms with Gasteiger partial charge in [-0.2, -0.15) is 18.3 Å². The molecule has 1 aliphatic heterocycles. The molecule has 0 radical (unpaired) electrons. The third-order valence-electron chi connectivity index (χ3n) is 8.82. The van der Waals surface area contributed by atoms with Crippen molar-refractivity contribution < 1.29 is 41.8 Å². The van der Waals surface area contributed by atoms with Crippen LogP contribution < -0.4 is 10.6 Å². The normalized spacial score (nSPS) is 13.2. The Balaban J connectivity index is 1.09. The molecular weight excluding hydrogens is 783 g/mol. The highest BCUT2D eigenvalue weighted by molar-refractivity contribution is 6.34. The number of pyridine rings is 1. The standard InChI is InChI=1S/C39H39ClF3N9O6/c1-38(2,3)58-37(56)51-16-14-50(15-17-51)35(54)27-12-11-26(18-29(27)40)47-34(53)33-45-21-30(49(33)4)28-22-52(48-32(28)39(41,42)43)31-13-10-25(19-44-31)20-46-36(55)57-23-24-8-6-5-7-9-24/h5-13,18-19,21-22H,14-17,20,23H2,1-4H3,(H,46,55)(H,47,53). The van der Waals surface area contributed by atoms with E-state index in [1.54, 1.807) is 31.7 Å². The van der Waals surface area contributed by atoms with E-state index in [0.29, 0.717) is 5.56 Å². The number of hydrogen-bond donors (Lipinski definition) is 2. The fourth-order valence-electron chi connectivity index (χ4n) is 5.91. The number of imidazole rings is 1. The summed E-state index contributed by atoms with van der Waals surface area (Å²) in [6, 6.07) is 16.4. The first-order valence-electron chi connectivity index (χ1n) is 17.9. The smallest absolute Gasteiger partial charge is 0.435 e. The summed E-state index contributed by atoms with van der Waals surface area (Å²) in [7, 11) is 1.39. The Morgan fingerprint density at radius 2 is 1.59 bits per heavy atom. The minimum absolute atomic E-state index is 0.0516. The second kappa shape index (κ2) is 17.0. The largest absolute Gasteiger partial charge is 0.445 e. The van der Waals surface area contributed by atoms with Gasteiger partial charge in [0.2, 0.25) is 0 Å². The van der Waals surface area contributed by atoms with Crippen LogP contribution in [0.1, 0.15) is 58.6 Å². The van der Waals surface area contributed by atoms with Gasteiger partial charge in [-0.1, -0.05) is 48.0 Å². The van der Waals surface area contributed by atoms with Crippen molar-refractivity contribution in [1.29, 1.82) is 0 Å². The van der Waals surface area contributed by atoms with E-state index >= 15 is 0 Å². The minimum Gasteiger partial charge on any atom is -0.445 e. The Kier molecular flexibility index (Phi) is 12.1. The van der Waals surface area contributed by atoms with Gasteiger partial charge in [0.1, 0.15) is 12.2 Å². The Morgan fingerprint density at radius 3 is 2.22 bits per heavy atom.